The molecule has 0 unspecified atom stereocenters. The van der Waals surface area contributed by atoms with E-state index in [0.29, 0.717) is 6.42 Å². The van der Waals surface area contributed by atoms with E-state index in [1.807, 2.05) is 6.92 Å². The van der Waals surface area contributed by atoms with Crippen LogP contribution in [-0.2, 0) is 12.5 Å². The summed E-state index contributed by atoms with van der Waals surface area (Å²) in [6.07, 6.45) is -3.22. The van der Waals surface area contributed by atoms with E-state index < -0.39 is 57.8 Å². The number of benzene rings is 3. The first-order valence-electron chi connectivity index (χ1n) is 9.07. The zero-order valence-corrected chi connectivity index (χ0v) is 16.0. The van der Waals surface area contributed by atoms with Crippen LogP contribution in [0.3, 0.4) is 0 Å². The van der Waals surface area contributed by atoms with Crippen LogP contribution in [-0.4, -0.2) is 5.11 Å². The number of rotatable bonds is 6. The van der Waals surface area contributed by atoms with E-state index in [2.05, 4.69) is 4.74 Å². The van der Waals surface area contributed by atoms with Gasteiger partial charge in [0.1, 0.15) is 22.9 Å². The van der Waals surface area contributed by atoms with Gasteiger partial charge in [0.25, 0.3) is 0 Å². The zero-order valence-electron chi connectivity index (χ0n) is 16.0. The highest BCUT2D eigenvalue weighted by atomic mass is 19.3. The fourth-order valence-corrected chi connectivity index (χ4v) is 3.07. The standard InChI is InChI=1S/C22H15F7O2/c1-2-3-11-4-6-12(7-5-11)18-17(30)10-14(23)19(21(18)27)22(28,29)31-13-8-15(24)20(26)16(25)9-13/h4-10,30H,2-3H2,1H3. The maximum atomic E-state index is 15.0. The minimum Gasteiger partial charge on any atom is -0.507 e. The van der Waals surface area contributed by atoms with Gasteiger partial charge in [-0.3, -0.25) is 0 Å². The molecule has 0 aliphatic heterocycles. The Morgan fingerprint density at radius 1 is 0.839 bits per heavy atom. The molecule has 0 spiro atoms. The maximum absolute atomic E-state index is 15.0. The molecule has 0 saturated carbocycles. The number of hydrogen-bond acceptors (Lipinski definition) is 2. The lowest BCUT2D eigenvalue weighted by Crippen LogP contribution is -2.25. The summed E-state index contributed by atoms with van der Waals surface area (Å²) < 4.78 is 102. The van der Waals surface area contributed by atoms with Crippen LogP contribution in [0.25, 0.3) is 11.1 Å². The van der Waals surface area contributed by atoms with E-state index in [1.54, 1.807) is 12.1 Å². The number of alkyl halides is 2. The van der Waals surface area contributed by atoms with Gasteiger partial charge < -0.3 is 9.84 Å². The van der Waals surface area contributed by atoms with E-state index in [-0.39, 0.29) is 23.8 Å². The molecule has 164 valence electrons. The lowest BCUT2D eigenvalue weighted by molar-refractivity contribution is -0.189. The van der Waals surface area contributed by atoms with Gasteiger partial charge in [0.15, 0.2) is 23.3 Å². The molecule has 0 fully saturated rings. The van der Waals surface area contributed by atoms with E-state index in [4.69, 9.17) is 0 Å². The van der Waals surface area contributed by atoms with Gasteiger partial charge in [-0.25, -0.2) is 22.0 Å². The SMILES string of the molecule is CCCc1ccc(-c2c(O)cc(F)c(C(F)(F)Oc3cc(F)c(F)c(F)c3)c2F)cc1. The third-order valence-electron chi connectivity index (χ3n) is 4.47. The van der Waals surface area contributed by atoms with Crippen LogP contribution in [0, 0.1) is 29.1 Å². The highest BCUT2D eigenvalue weighted by molar-refractivity contribution is 5.72. The second-order valence-electron chi connectivity index (χ2n) is 6.71. The fourth-order valence-electron chi connectivity index (χ4n) is 3.07. The molecule has 2 nitrogen and oxygen atoms in total. The summed E-state index contributed by atoms with van der Waals surface area (Å²) in [5.41, 5.74) is -1.73. The van der Waals surface area contributed by atoms with Crippen LogP contribution < -0.4 is 4.74 Å². The molecule has 0 amide bonds. The summed E-state index contributed by atoms with van der Waals surface area (Å²) in [6, 6.07) is 6.42. The average Bonchev–Trinajstić information content (AvgIpc) is 2.66. The highest BCUT2D eigenvalue weighted by Gasteiger charge is 2.43. The topological polar surface area (TPSA) is 29.5 Å². The second-order valence-corrected chi connectivity index (χ2v) is 6.71. The molecule has 0 atom stereocenters. The number of aromatic hydroxyl groups is 1. The van der Waals surface area contributed by atoms with Gasteiger partial charge in [0.2, 0.25) is 0 Å². The van der Waals surface area contributed by atoms with Crippen LogP contribution >= 0.6 is 0 Å². The maximum Gasteiger partial charge on any atom is 0.432 e. The largest absolute Gasteiger partial charge is 0.507 e. The summed E-state index contributed by atoms with van der Waals surface area (Å²) in [7, 11) is 0. The van der Waals surface area contributed by atoms with Crippen LogP contribution in [0.5, 0.6) is 11.5 Å². The normalized spacial score (nSPS) is 11.6. The van der Waals surface area contributed by atoms with Crippen molar-refractivity contribution in [1.82, 2.24) is 0 Å². The van der Waals surface area contributed by atoms with E-state index in [1.165, 1.54) is 12.1 Å². The molecule has 0 aliphatic rings. The highest BCUT2D eigenvalue weighted by Crippen LogP contribution is 2.42. The zero-order chi connectivity index (χ0) is 22.9. The molecule has 0 bridgehead atoms. The quantitative estimate of drug-likeness (QED) is 0.333. The molecule has 9 heteroatoms. The molecule has 31 heavy (non-hydrogen) atoms. The monoisotopic (exact) mass is 444 g/mol. The number of hydrogen-bond donors (Lipinski definition) is 1. The average molecular weight is 444 g/mol. The number of ether oxygens (including phenoxy) is 1. The molecule has 0 aromatic heterocycles. The van der Waals surface area contributed by atoms with Crippen LogP contribution in [0.2, 0.25) is 0 Å². The summed E-state index contributed by atoms with van der Waals surface area (Å²) in [4.78, 5) is 0. The summed E-state index contributed by atoms with van der Waals surface area (Å²) in [6.45, 7) is 1.94. The molecule has 0 radical (unpaired) electrons. The first kappa shape index (κ1) is 22.5. The molecule has 3 rings (SSSR count). The fraction of sp³-hybridized carbons (Fsp3) is 0.182. The lowest BCUT2D eigenvalue weighted by Gasteiger charge is -2.21. The van der Waals surface area contributed by atoms with Crippen molar-refractivity contribution in [2.75, 3.05) is 0 Å². The lowest BCUT2D eigenvalue weighted by atomic mass is 9.98. The van der Waals surface area contributed by atoms with Crippen molar-refractivity contribution in [3.8, 4) is 22.6 Å². The molecule has 0 saturated heterocycles. The Balaban J connectivity index is 2.07. The van der Waals surface area contributed by atoms with Gasteiger partial charge in [-0.05, 0) is 17.5 Å². The van der Waals surface area contributed by atoms with Crippen molar-refractivity contribution in [3.05, 3.63) is 82.7 Å². The van der Waals surface area contributed by atoms with Crippen LogP contribution in [0.15, 0.2) is 42.5 Å². The van der Waals surface area contributed by atoms with Crippen molar-refractivity contribution in [2.24, 2.45) is 0 Å². The molecular formula is C22H15F7O2. The molecule has 0 aliphatic carbocycles. The van der Waals surface area contributed by atoms with E-state index in [9.17, 15) is 35.8 Å². The second kappa shape index (κ2) is 8.49. The summed E-state index contributed by atoms with van der Waals surface area (Å²) >= 11 is 0. The van der Waals surface area contributed by atoms with E-state index >= 15 is 0 Å². The Morgan fingerprint density at radius 2 is 1.42 bits per heavy atom. The van der Waals surface area contributed by atoms with E-state index in [0.717, 1.165) is 12.0 Å². The van der Waals surface area contributed by atoms with Gasteiger partial charge in [0, 0.05) is 18.2 Å². The van der Waals surface area contributed by atoms with Gasteiger partial charge in [-0.1, -0.05) is 37.6 Å². The number of aryl methyl sites for hydroxylation is 1. The summed E-state index contributed by atoms with van der Waals surface area (Å²) in [5, 5.41) is 9.97. The van der Waals surface area contributed by atoms with Gasteiger partial charge in [0.05, 0.1) is 5.56 Å². The Morgan fingerprint density at radius 3 is 1.97 bits per heavy atom. The number of halogens is 7. The first-order valence-corrected chi connectivity index (χ1v) is 9.07. The Kier molecular flexibility index (Phi) is 6.15. The predicted molar refractivity (Wildman–Crippen MR) is 98.3 cm³/mol. The van der Waals surface area contributed by atoms with Gasteiger partial charge >= 0.3 is 6.11 Å². The third kappa shape index (κ3) is 4.45. The Bertz CT molecular complexity index is 1090. The van der Waals surface area contributed by atoms with Crippen molar-refractivity contribution >= 4 is 0 Å². The predicted octanol–water partition coefficient (Wildman–Crippen LogP) is 6.84. The Hall–Kier alpha value is -3.23. The number of phenols is 1. The Labute approximate surface area is 172 Å². The number of phenolic OH excluding ortho intramolecular Hbond substituents is 1. The molecular weight excluding hydrogens is 429 g/mol. The summed E-state index contributed by atoms with van der Waals surface area (Å²) in [5.74, 6) is -11.4. The molecule has 3 aromatic carbocycles. The minimum absolute atomic E-state index is 0.00854. The van der Waals surface area contributed by atoms with Crippen molar-refractivity contribution < 1.29 is 40.6 Å². The first-order chi connectivity index (χ1) is 14.5. The van der Waals surface area contributed by atoms with Crippen LogP contribution in [0.1, 0.15) is 24.5 Å². The van der Waals surface area contributed by atoms with Crippen molar-refractivity contribution in [1.29, 1.82) is 0 Å². The van der Waals surface area contributed by atoms with Crippen molar-refractivity contribution in [3.63, 3.8) is 0 Å². The smallest absolute Gasteiger partial charge is 0.432 e. The van der Waals surface area contributed by atoms with Gasteiger partial charge in [-0.2, -0.15) is 8.78 Å². The minimum atomic E-state index is -4.75. The molecule has 0 heterocycles. The van der Waals surface area contributed by atoms with Crippen molar-refractivity contribution in [2.45, 2.75) is 25.9 Å². The molecule has 3 aromatic rings. The van der Waals surface area contributed by atoms with Gasteiger partial charge in [-0.15, -0.1) is 0 Å². The van der Waals surface area contributed by atoms with Crippen LogP contribution in [0.4, 0.5) is 30.7 Å². The third-order valence-corrected chi connectivity index (χ3v) is 4.47. The molecule has 1 N–H and O–H groups in total.